The van der Waals surface area contributed by atoms with Crippen molar-refractivity contribution in [2.24, 2.45) is 16.6 Å². The largest absolute Gasteiger partial charge is 0.482 e. The molecule has 322 valence electrons. The van der Waals surface area contributed by atoms with E-state index < -0.39 is 29.8 Å². The molecule has 6 N–H and O–H groups in total. The van der Waals surface area contributed by atoms with Gasteiger partial charge in [-0.1, -0.05) is 6.07 Å². The first-order chi connectivity index (χ1) is 29.3. The van der Waals surface area contributed by atoms with Crippen LogP contribution in [-0.4, -0.2) is 108 Å². The molecule has 4 heterocycles. The van der Waals surface area contributed by atoms with Crippen LogP contribution >= 0.6 is 0 Å². The predicted molar refractivity (Wildman–Crippen MR) is 234 cm³/mol. The second-order valence-electron chi connectivity index (χ2n) is 15.8. The summed E-state index contributed by atoms with van der Waals surface area (Å²) in [5, 5.41) is 2.49. The third-order valence-corrected chi connectivity index (χ3v) is 11.6. The van der Waals surface area contributed by atoms with Crippen molar-refractivity contribution in [1.82, 2.24) is 30.1 Å². The van der Waals surface area contributed by atoms with Crippen molar-refractivity contribution in [3.63, 3.8) is 0 Å². The number of pyridine rings is 1. The van der Waals surface area contributed by atoms with E-state index in [2.05, 4.69) is 30.1 Å². The minimum absolute atomic E-state index is 0.0414. The number of likely N-dealkylation sites (N-methyl/N-ethyl adjacent to an activating group) is 1. The number of nitrogen functional groups attached to an aromatic ring is 1. The van der Waals surface area contributed by atoms with Crippen LogP contribution in [-0.2, 0) is 14.4 Å². The molecular weight excluding hydrogens is 780 g/mol. The van der Waals surface area contributed by atoms with Crippen molar-refractivity contribution < 1.29 is 28.3 Å². The molecule has 2 atom stereocenters. The number of aliphatic imine (C=N–C) groups is 1. The number of piperidine rings is 1. The SMILES string of the molecule is CN=C/C=C(\N)c1ccc(F)cc1C(C)Oc1cc(-c2nc(C3CCN(CC4CN(c5ccc(C)c(C(=O)N(C=O)C(CCC=O)C(=O)NC)c5)C4)CC3)[nH]c2C)cnc1N. The van der Waals surface area contributed by atoms with Gasteiger partial charge in [-0.25, -0.2) is 14.4 Å². The zero-order valence-electron chi connectivity index (χ0n) is 35.4. The zero-order chi connectivity index (χ0) is 43.8. The summed E-state index contributed by atoms with van der Waals surface area (Å²) >= 11 is 0. The lowest BCUT2D eigenvalue weighted by atomic mass is 9.93. The van der Waals surface area contributed by atoms with E-state index in [0.29, 0.717) is 52.3 Å². The lowest BCUT2D eigenvalue weighted by molar-refractivity contribution is -0.131. The van der Waals surface area contributed by atoms with Crippen LogP contribution in [0.15, 0.2) is 59.7 Å². The molecule has 2 aromatic carbocycles. The van der Waals surface area contributed by atoms with Gasteiger partial charge >= 0.3 is 0 Å². The first kappa shape index (κ1) is 44.1. The summed E-state index contributed by atoms with van der Waals surface area (Å²) in [6, 6.07) is 10.7. The number of benzene rings is 2. The van der Waals surface area contributed by atoms with Gasteiger partial charge in [-0.2, -0.15) is 0 Å². The van der Waals surface area contributed by atoms with E-state index in [-0.39, 0.29) is 24.6 Å². The average molecular weight is 835 g/mol. The number of anilines is 2. The number of aromatic amines is 1. The summed E-state index contributed by atoms with van der Waals surface area (Å²) in [5.74, 6) is 0.708. The number of aldehydes is 1. The van der Waals surface area contributed by atoms with Gasteiger partial charge in [0.15, 0.2) is 11.6 Å². The average Bonchev–Trinajstić information content (AvgIpc) is 3.64. The first-order valence-corrected chi connectivity index (χ1v) is 20.5. The van der Waals surface area contributed by atoms with Crippen LogP contribution in [0.25, 0.3) is 17.0 Å². The molecule has 0 aliphatic carbocycles. The van der Waals surface area contributed by atoms with Crippen molar-refractivity contribution in [3.05, 3.63) is 94.3 Å². The van der Waals surface area contributed by atoms with E-state index >= 15 is 0 Å². The second-order valence-corrected chi connectivity index (χ2v) is 15.8. The molecule has 0 spiro atoms. The number of allylic oxidation sites excluding steroid dienone is 1. The summed E-state index contributed by atoms with van der Waals surface area (Å²) in [6.07, 6.45) is 7.32. The van der Waals surface area contributed by atoms with Gasteiger partial charge in [0.2, 0.25) is 12.3 Å². The molecule has 4 aromatic rings. The molecule has 6 rings (SSSR count). The van der Waals surface area contributed by atoms with E-state index in [4.69, 9.17) is 21.2 Å². The maximum absolute atomic E-state index is 14.4. The third-order valence-electron chi connectivity index (χ3n) is 11.6. The second kappa shape index (κ2) is 19.8. The van der Waals surface area contributed by atoms with E-state index in [0.717, 1.165) is 78.9 Å². The van der Waals surface area contributed by atoms with Crippen LogP contribution in [0, 0.1) is 25.6 Å². The van der Waals surface area contributed by atoms with E-state index in [1.807, 2.05) is 25.1 Å². The highest BCUT2D eigenvalue weighted by atomic mass is 19.1. The Hall–Kier alpha value is -6.42. The molecule has 0 bridgehead atoms. The lowest BCUT2D eigenvalue weighted by Crippen LogP contribution is -2.52. The van der Waals surface area contributed by atoms with E-state index in [9.17, 15) is 23.6 Å². The van der Waals surface area contributed by atoms with Crippen LogP contribution in [0.3, 0.4) is 0 Å². The number of imide groups is 1. The number of nitrogens with zero attached hydrogens (tertiary/aromatic N) is 6. The minimum Gasteiger partial charge on any atom is -0.482 e. The van der Waals surface area contributed by atoms with Crippen LogP contribution in [0.5, 0.6) is 5.75 Å². The molecule has 0 radical (unpaired) electrons. The topological polar surface area (TPSA) is 205 Å². The molecule has 3 amide bonds. The Bertz CT molecular complexity index is 2300. The number of carbonyl (C=O) groups is 4. The summed E-state index contributed by atoms with van der Waals surface area (Å²) < 4.78 is 20.7. The number of aryl methyl sites for hydroxylation is 2. The molecule has 2 fully saturated rings. The lowest BCUT2D eigenvalue weighted by Gasteiger charge is -2.44. The van der Waals surface area contributed by atoms with Crippen molar-refractivity contribution >= 4 is 47.9 Å². The van der Waals surface area contributed by atoms with Gasteiger partial charge in [-0.3, -0.25) is 24.3 Å². The normalized spacial score (nSPS) is 16.2. The Balaban J connectivity index is 1.04. The number of nitrogens with two attached hydrogens (primary N) is 2. The molecule has 2 aliphatic rings. The maximum Gasteiger partial charge on any atom is 0.261 e. The van der Waals surface area contributed by atoms with Gasteiger partial charge < -0.3 is 41.1 Å². The van der Waals surface area contributed by atoms with Crippen molar-refractivity contribution in [2.75, 3.05) is 57.5 Å². The Kier molecular flexibility index (Phi) is 14.3. The van der Waals surface area contributed by atoms with Gasteiger partial charge in [0, 0.05) is 104 Å². The highest BCUT2D eigenvalue weighted by Gasteiger charge is 2.34. The number of imidazole rings is 1. The summed E-state index contributed by atoms with van der Waals surface area (Å²) in [5.41, 5.74) is 18.5. The number of aromatic nitrogens is 3. The van der Waals surface area contributed by atoms with Crippen LogP contribution in [0.1, 0.15) is 83.2 Å². The Morgan fingerprint density at radius 1 is 1.11 bits per heavy atom. The Morgan fingerprint density at radius 3 is 2.56 bits per heavy atom. The maximum atomic E-state index is 14.4. The smallest absolute Gasteiger partial charge is 0.261 e. The number of nitrogens with one attached hydrogen (secondary N) is 2. The first-order valence-electron chi connectivity index (χ1n) is 20.5. The van der Waals surface area contributed by atoms with Gasteiger partial charge in [0.1, 0.15) is 30.1 Å². The molecule has 2 aliphatic heterocycles. The number of hydrogen-bond acceptors (Lipinski definition) is 12. The fraction of sp³-hybridized carbons (Fsp3) is 0.400. The zero-order valence-corrected chi connectivity index (χ0v) is 35.4. The summed E-state index contributed by atoms with van der Waals surface area (Å²) in [7, 11) is 3.07. The number of H-pyrrole nitrogens is 1. The number of ether oxygens (including phenoxy) is 1. The number of halogens is 1. The number of rotatable bonds is 17. The molecule has 2 unspecified atom stereocenters. The van der Waals surface area contributed by atoms with Crippen LogP contribution in [0.4, 0.5) is 15.9 Å². The highest BCUT2D eigenvalue weighted by Crippen LogP contribution is 2.36. The number of likely N-dealkylation sites (tertiary alicyclic amines) is 1. The van der Waals surface area contributed by atoms with Crippen molar-refractivity contribution in [3.8, 4) is 17.0 Å². The molecular formula is C45H55FN10O5. The van der Waals surface area contributed by atoms with E-state index in [1.54, 1.807) is 51.5 Å². The molecule has 2 saturated heterocycles. The van der Waals surface area contributed by atoms with Gasteiger partial charge in [0.25, 0.3) is 5.91 Å². The third kappa shape index (κ3) is 10.1. The standard InChI is InChI=1S/C45H55FN10O5/c1-27-8-10-34(21-36(27)45(60)56(26-58)39(7-6-18-57)44(59)50-5)55-24-30(25-55)23-54-16-13-31(14-17-54)43-52-28(2)41(53-43)32-19-40(42(48)51-22-32)61-29(3)37-20-33(46)9-11-35(37)38(47)12-15-49-4/h8-12,15,18-22,26,29-31,39H,6-7,13-14,16-17,23-25,47H2,1-5H3,(H2,48,51)(H,50,59)(H,52,53)/b38-12-,49-15?. The Morgan fingerprint density at radius 2 is 1.87 bits per heavy atom. The molecule has 15 nitrogen and oxygen atoms in total. The van der Waals surface area contributed by atoms with Crippen LogP contribution in [0.2, 0.25) is 0 Å². The predicted octanol–water partition coefficient (Wildman–Crippen LogP) is 4.96. The molecule has 16 heteroatoms. The quantitative estimate of drug-likeness (QED) is 0.0827. The van der Waals surface area contributed by atoms with Crippen LogP contribution < -0.4 is 26.4 Å². The molecule has 0 saturated carbocycles. The molecule has 61 heavy (non-hydrogen) atoms. The number of hydrogen-bond donors (Lipinski definition) is 4. The highest BCUT2D eigenvalue weighted by molar-refractivity contribution is 6.04. The summed E-state index contributed by atoms with van der Waals surface area (Å²) in [6.45, 7) is 10.1. The van der Waals surface area contributed by atoms with Gasteiger partial charge in [-0.05, 0) is 101 Å². The summed E-state index contributed by atoms with van der Waals surface area (Å²) in [4.78, 5) is 71.7. The monoisotopic (exact) mass is 834 g/mol. The fourth-order valence-corrected chi connectivity index (χ4v) is 8.15. The molecule has 2 aromatic heterocycles. The minimum atomic E-state index is -1.08. The Labute approximate surface area is 355 Å². The number of amides is 3. The van der Waals surface area contributed by atoms with E-state index in [1.165, 1.54) is 19.2 Å². The number of carbonyl (C=O) groups excluding carboxylic acids is 4. The van der Waals surface area contributed by atoms with Gasteiger partial charge in [0.05, 0.1) is 5.69 Å². The van der Waals surface area contributed by atoms with Crippen molar-refractivity contribution in [1.29, 1.82) is 0 Å². The van der Waals surface area contributed by atoms with Crippen molar-refractivity contribution in [2.45, 2.75) is 64.5 Å². The fourth-order valence-electron chi connectivity index (χ4n) is 8.15. The van der Waals surface area contributed by atoms with Gasteiger partial charge in [-0.15, -0.1) is 0 Å².